The number of nitrogens with zero attached hydrogens (tertiary/aromatic N) is 2. The van der Waals surface area contributed by atoms with Gasteiger partial charge in [-0.3, -0.25) is 9.52 Å². The van der Waals surface area contributed by atoms with Gasteiger partial charge in [0.2, 0.25) is 5.89 Å². The summed E-state index contributed by atoms with van der Waals surface area (Å²) in [7, 11) is -3.73. The summed E-state index contributed by atoms with van der Waals surface area (Å²) < 4.78 is 38.2. The second kappa shape index (κ2) is 11.0. The molecule has 0 spiro atoms. The highest BCUT2D eigenvalue weighted by atomic mass is 32.2. The van der Waals surface area contributed by atoms with Crippen molar-refractivity contribution in [2.45, 2.75) is 31.1 Å². The number of hydrogen-bond donors (Lipinski definition) is 2. The lowest BCUT2D eigenvalue weighted by Gasteiger charge is -2.10. The molecule has 1 amide bonds. The number of amides is 1. The minimum absolute atomic E-state index is 0.0875. The Morgan fingerprint density at radius 1 is 0.944 bits per heavy atom. The number of benzene rings is 3. The number of carbonyl (C=O) groups excluding carboxylic acids is 1. The van der Waals surface area contributed by atoms with Gasteiger partial charge >= 0.3 is 0 Å². The molecular weight excluding hydrogens is 480 g/mol. The normalized spacial score (nSPS) is 11.3. The molecule has 0 saturated carbocycles. The average molecular weight is 507 g/mol. The number of sulfonamides is 1. The van der Waals surface area contributed by atoms with Crippen LogP contribution in [0.5, 0.6) is 5.75 Å². The Morgan fingerprint density at radius 2 is 1.64 bits per heavy atom. The first kappa shape index (κ1) is 24.9. The highest BCUT2D eigenvalue weighted by Crippen LogP contribution is 2.20. The monoisotopic (exact) mass is 506 g/mol. The van der Waals surface area contributed by atoms with Crippen LogP contribution in [0.4, 0.5) is 11.4 Å². The van der Waals surface area contributed by atoms with Gasteiger partial charge in [-0.2, -0.15) is 4.98 Å². The quantitative estimate of drug-likeness (QED) is 0.322. The number of rotatable bonds is 10. The summed E-state index contributed by atoms with van der Waals surface area (Å²) in [6.45, 7) is 3.75. The van der Waals surface area contributed by atoms with Crippen molar-refractivity contribution < 1.29 is 22.5 Å². The Kier molecular flexibility index (Phi) is 7.65. The summed E-state index contributed by atoms with van der Waals surface area (Å²) in [6.07, 6.45) is 0.528. The zero-order valence-corrected chi connectivity index (χ0v) is 20.7. The predicted octanol–water partition coefficient (Wildman–Crippen LogP) is 4.60. The maximum atomic E-state index is 12.5. The van der Waals surface area contributed by atoms with Crippen LogP contribution in [-0.4, -0.2) is 31.1 Å². The molecule has 0 aliphatic rings. The molecule has 4 rings (SSSR count). The molecule has 1 aromatic heterocycles. The Balaban J connectivity index is 1.26. The molecule has 36 heavy (non-hydrogen) atoms. The van der Waals surface area contributed by atoms with Gasteiger partial charge in [0.25, 0.3) is 15.9 Å². The molecule has 0 aliphatic heterocycles. The summed E-state index contributed by atoms with van der Waals surface area (Å²) in [5.74, 6) is 1.42. The van der Waals surface area contributed by atoms with Gasteiger partial charge in [-0.1, -0.05) is 49.3 Å². The number of aromatic nitrogens is 2. The molecule has 0 bridgehead atoms. The third kappa shape index (κ3) is 6.70. The molecular formula is C26H26N4O5S. The summed E-state index contributed by atoms with van der Waals surface area (Å²) in [4.78, 5) is 16.7. The molecule has 3 aromatic carbocycles. The van der Waals surface area contributed by atoms with E-state index in [1.54, 1.807) is 42.5 Å². The standard InChI is InChI=1S/C26H26N4O5S/c1-18(2)26-28-24(29-35-26)16-19-8-10-20(11-9-19)27-25(31)17-34-22-12-14-23(15-13-22)36(32,33)30-21-6-4-3-5-7-21/h3-15,18,30H,16-17H2,1-2H3,(H,27,31). The Labute approximate surface area is 209 Å². The van der Waals surface area contributed by atoms with Crippen LogP contribution < -0.4 is 14.8 Å². The fourth-order valence-electron chi connectivity index (χ4n) is 3.24. The molecule has 0 saturated heterocycles. The van der Waals surface area contributed by atoms with Crippen LogP contribution in [0.15, 0.2) is 88.3 Å². The molecule has 10 heteroatoms. The van der Waals surface area contributed by atoms with Gasteiger partial charge in [0.1, 0.15) is 5.75 Å². The molecule has 1 heterocycles. The van der Waals surface area contributed by atoms with E-state index >= 15 is 0 Å². The lowest BCUT2D eigenvalue weighted by molar-refractivity contribution is -0.118. The van der Waals surface area contributed by atoms with E-state index in [9.17, 15) is 13.2 Å². The van der Waals surface area contributed by atoms with Crippen molar-refractivity contribution in [2.24, 2.45) is 0 Å². The lowest BCUT2D eigenvalue weighted by atomic mass is 10.1. The largest absolute Gasteiger partial charge is 0.484 e. The first-order valence-corrected chi connectivity index (χ1v) is 12.8. The summed E-state index contributed by atoms with van der Waals surface area (Å²) >= 11 is 0. The van der Waals surface area contributed by atoms with Crippen molar-refractivity contribution in [3.05, 3.63) is 96.1 Å². The van der Waals surface area contributed by atoms with Crippen molar-refractivity contribution in [2.75, 3.05) is 16.6 Å². The Bertz CT molecular complexity index is 1400. The molecule has 4 aromatic rings. The minimum Gasteiger partial charge on any atom is -0.484 e. The van der Waals surface area contributed by atoms with E-state index in [-0.39, 0.29) is 23.3 Å². The highest BCUT2D eigenvalue weighted by molar-refractivity contribution is 7.92. The van der Waals surface area contributed by atoms with Crippen LogP contribution in [0.25, 0.3) is 0 Å². The second-order valence-corrected chi connectivity index (χ2v) is 10.0. The number of anilines is 2. The number of ether oxygens (including phenoxy) is 1. The van der Waals surface area contributed by atoms with Crippen LogP contribution in [0.1, 0.15) is 37.0 Å². The van der Waals surface area contributed by atoms with Gasteiger partial charge in [0.15, 0.2) is 12.4 Å². The summed E-state index contributed by atoms with van der Waals surface area (Å²) in [5.41, 5.74) is 2.08. The van der Waals surface area contributed by atoms with E-state index in [1.807, 2.05) is 26.0 Å². The zero-order chi connectivity index (χ0) is 25.5. The van der Waals surface area contributed by atoms with Crippen molar-refractivity contribution in [3.8, 4) is 5.75 Å². The minimum atomic E-state index is -3.73. The Hall–Kier alpha value is -4.18. The van der Waals surface area contributed by atoms with Crippen molar-refractivity contribution in [3.63, 3.8) is 0 Å². The summed E-state index contributed by atoms with van der Waals surface area (Å²) in [6, 6.07) is 21.8. The fourth-order valence-corrected chi connectivity index (χ4v) is 4.30. The number of nitrogens with one attached hydrogen (secondary N) is 2. The second-order valence-electron chi connectivity index (χ2n) is 8.36. The molecule has 0 unspecified atom stereocenters. The van der Waals surface area contributed by atoms with E-state index in [2.05, 4.69) is 20.2 Å². The van der Waals surface area contributed by atoms with Crippen molar-refractivity contribution >= 4 is 27.3 Å². The first-order chi connectivity index (χ1) is 17.3. The van der Waals surface area contributed by atoms with E-state index < -0.39 is 10.0 Å². The molecule has 0 atom stereocenters. The molecule has 0 radical (unpaired) electrons. The van der Waals surface area contributed by atoms with Crippen molar-refractivity contribution in [1.29, 1.82) is 0 Å². The molecule has 0 fully saturated rings. The average Bonchev–Trinajstić information content (AvgIpc) is 3.34. The van der Waals surface area contributed by atoms with Gasteiger partial charge < -0.3 is 14.6 Å². The van der Waals surface area contributed by atoms with Gasteiger partial charge in [0, 0.05) is 23.7 Å². The predicted molar refractivity (Wildman–Crippen MR) is 135 cm³/mol. The Morgan fingerprint density at radius 3 is 2.28 bits per heavy atom. The van der Waals surface area contributed by atoms with Crippen LogP contribution in [0.2, 0.25) is 0 Å². The van der Waals surface area contributed by atoms with E-state index in [1.165, 1.54) is 24.3 Å². The van der Waals surface area contributed by atoms with Crippen molar-refractivity contribution in [1.82, 2.24) is 10.1 Å². The zero-order valence-electron chi connectivity index (χ0n) is 19.8. The topological polar surface area (TPSA) is 123 Å². The third-order valence-electron chi connectivity index (χ3n) is 5.11. The third-order valence-corrected chi connectivity index (χ3v) is 6.50. The number of hydrogen-bond acceptors (Lipinski definition) is 7. The molecule has 2 N–H and O–H groups in total. The van der Waals surface area contributed by atoms with Gasteiger partial charge in [-0.05, 0) is 54.1 Å². The first-order valence-electron chi connectivity index (χ1n) is 11.3. The molecule has 0 aliphatic carbocycles. The summed E-state index contributed by atoms with van der Waals surface area (Å²) in [5, 5.41) is 6.75. The van der Waals surface area contributed by atoms with Gasteiger partial charge in [-0.15, -0.1) is 0 Å². The van der Waals surface area contributed by atoms with Crippen LogP contribution in [0.3, 0.4) is 0 Å². The highest BCUT2D eigenvalue weighted by Gasteiger charge is 2.14. The lowest BCUT2D eigenvalue weighted by Crippen LogP contribution is -2.20. The maximum Gasteiger partial charge on any atom is 0.262 e. The SMILES string of the molecule is CC(C)c1nc(Cc2ccc(NC(=O)COc3ccc(S(=O)(=O)Nc4ccccc4)cc3)cc2)no1. The smallest absolute Gasteiger partial charge is 0.262 e. The van der Waals surface area contributed by atoms with E-state index in [0.29, 0.717) is 35.3 Å². The number of para-hydroxylation sites is 1. The van der Waals surface area contributed by atoms with Crippen LogP contribution in [0, 0.1) is 0 Å². The van der Waals surface area contributed by atoms with Gasteiger partial charge in [0.05, 0.1) is 4.90 Å². The van der Waals surface area contributed by atoms with E-state index in [4.69, 9.17) is 9.26 Å². The van der Waals surface area contributed by atoms with E-state index in [0.717, 1.165) is 5.56 Å². The van der Waals surface area contributed by atoms with Crippen LogP contribution >= 0.6 is 0 Å². The van der Waals surface area contributed by atoms with Gasteiger partial charge in [-0.25, -0.2) is 8.42 Å². The fraction of sp³-hybridized carbons (Fsp3) is 0.192. The molecule has 186 valence electrons. The van der Waals surface area contributed by atoms with Crippen LogP contribution in [-0.2, 0) is 21.2 Å². The number of carbonyl (C=O) groups is 1. The maximum absolute atomic E-state index is 12.5. The molecule has 9 nitrogen and oxygen atoms in total.